The van der Waals surface area contributed by atoms with Crippen LogP contribution in [0.2, 0.25) is 0 Å². The molecule has 0 amide bonds. The number of hydrogen-bond donors (Lipinski definition) is 1. The molecule has 1 aromatic heterocycles. The minimum atomic E-state index is -3.19. The molecule has 1 heterocycles. The van der Waals surface area contributed by atoms with E-state index in [9.17, 15) is 13.8 Å². The van der Waals surface area contributed by atoms with Crippen molar-refractivity contribution in [2.24, 2.45) is 0 Å². The van der Waals surface area contributed by atoms with Crippen molar-refractivity contribution in [2.75, 3.05) is 13.3 Å². The summed E-state index contributed by atoms with van der Waals surface area (Å²) in [5.74, 6) is 0.380. The minimum absolute atomic E-state index is 0.0768. The monoisotopic (exact) mass is 481 g/mol. The molecule has 2 aromatic carbocycles. The molecule has 0 aliphatic rings. The third kappa shape index (κ3) is 6.49. The van der Waals surface area contributed by atoms with Crippen LogP contribution in [0.15, 0.2) is 66.5 Å². The first-order valence-corrected chi connectivity index (χ1v) is 13.0. The number of aliphatic carboxylic acids is 1. The molecule has 7 heteroatoms. The van der Waals surface area contributed by atoms with Gasteiger partial charge in [0.05, 0.1) is 11.4 Å². The molecule has 0 fully saturated rings. The molecular formula is C27H29FNO4P. The molecule has 1 atom stereocenters. The summed E-state index contributed by atoms with van der Waals surface area (Å²) >= 11 is 0. The van der Waals surface area contributed by atoms with E-state index in [4.69, 9.17) is 14.6 Å². The Bertz CT molecular complexity index is 1210. The summed E-state index contributed by atoms with van der Waals surface area (Å²) in [5, 5.41) is 8.91. The molecule has 0 radical (unpaired) electrons. The molecule has 0 unspecified atom stereocenters. The molecule has 0 spiro atoms. The zero-order valence-corrected chi connectivity index (χ0v) is 20.5. The average Bonchev–Trinajstić information content (AvgIpc) is 2.83. The van der Waals surface area contributed by atoms with Gasteiger partial charge in [-0.3, -0.25) is 9.36 Å². The predicted molar refractivity (Wildman–Crippen MR) is 135 cm³/mol. The first kappa shape index (κ1) is 25.5. The van der Waals surface area contributed by atoms with Crippen LogP contribution in [0.4, 0.5) is 4.39 Å². The van der Waals surface area contributed by atoms with Crippen LogP contribution in [0.25, 0.3) is 28.6 Å². The van der Waals surface area contributed by atoms with Gasteiger partial charge >= 0.3 is 5.97 Å². The Morgan fingerprint density at radius 2 is 1.79 bits per heavy atom. The number of nitrogens with zero attached hydrogens (tertiary/aromatic N) is 1. The molecule has 0 bridgehead atoms. The van der Waals surface area contributed by atoms with Crippen LogP contribution in [0.1, 0.15) is 43.7 Å². The lowest BCUT2D eigenvalue weighted by atomic mass is 9.92. The Labute approximate surface area is 199 Å². The van der Waals surface area contributed by atoms with E-state index in [1.165, 1.54) is 25.1 Å². The number of benzene rings is 2. The van der Waals surface area contributed by atoms with Crippen molar-refractivity contribution in [2.45, 2.75) is 32.6 Å². The number of carboxylic acid groups (broad SMARTS) is 1. The van der Waals surface area contributed by atoms with Crippen LogP contribution in [-0.4, -0.2) is 29.3 Å². The SMILES string of the molecule is CO[P@](=O)(/C=C/c1c(C(C)C)cc(-c2ccccc2)nc1-c1ccc(F)cc1)CCCC(=O)O. The van der Waals surface area contributed by atoms with Gasteiger partial charge in [-0.25, -0.2) is 9.37 Å². The predicted octanol–water partition coefficient (Wildman–Crippen LogP) is 7.44. The number of rotatable bonds is 10. The van der Waals surface area contributed by atoms with Crippen LogP contribution < -0.4 is 0 Å². The normalized spacial score (nSPS) is 13.3. The number of halogens is 1. The lowest BCUT2D eigenvalue weighted by Gasteiger charge is -2.18. The molecule has 0 aliphatic heterocycles. The smallest absolute Gasteiger partial charge is 0.303 e. The second kappa shape index (κ2) is 11.4. The fourth-order valence-electron chi connectivity index (χ4n) is 3.68. The summed E-state index contributed by atoms with van der Waals surface area (Å²) in [4.78, 5) is 15.8. The highest BCUT2D eigenvalue weighted by Gasteiger charge is 2.21. The number of pyridine rings is 1. The van der Waals surface area contributed by atoms with Gasteiger partial charge in [-0.15, -0.1) is 0 Å². The molecule has 3 rings (SSSR count). The van der Waals surface area contributed by atoms with Gasteiger partial charge in [-0.2, -0.15) is 0 Å². The van der Waals surface area contributed by atoms with Crippen molar-refractivity contribution in [3.05, 3.63) is 83.4 Å². The minimum Gasteiger partial charge on any atom is -0.481 e. The van der Waals surface area contributed by atoms with Crippen molar-refractivity contribution >= 4 is 19.4 Å². The quantitative estimate of drug-likeness (QED) is 0.305. The van der Waals surface area contributed by atoms with Crippen molar-refractivity contribution in [1.82, 2.24) is 4.98 Å². The zero-order valence-electron chi connectivity index (χ0n) is 19.6. The second-order valence-electron chi connectivity index (χ2n) is 8.33. The van der Waals surface area contributed by atoms with Crippen LogP contribution in [-0.2, 0) is 13.9 Å². The van der Waals surface area contributed by atoms with E-state index in [0.717, 1.165) is 27.9 Å². The van der Waals surface area contributed by atoms with Gasteiger partial charge in [0.1, 0.15) is 5.82 Å². The van der Waals surface area contributed by atoms with Crippen molar-refractivity contribution < 1.29 is 23.4 Å². The highest BCUT2D eigenvalue weighted by Crippen LogP contribution is 2.49. The van der Waals surface area contributed by atoms with E-state index in [2.05, 4.69) is 13.8 Å². The van der Waals surface area contributed by atoms with E-state index in [0.29, 0.717) is 5.69 Å². The van der Waals surface area contributed by atoms with E-state index in [1.807, 2.05) is 36.4 Å². The Hall–Kier alpha value is -3.08. The summed E-state index contributed by atoms with van der Waals surface area (Å²) in [6.07, 6.45) is 2.05. The molecule has 0 saturated carbocycles. The number of carboxylic acids is 1. The van der Waals surface area contributed by atoms with Crippen LogP contribution >= 0.6 is 7.37 Å². The highest BCUT2D eigenvalue weighted by molar-refractivity contribution is 7.62. The van der Waals surface area contributed by atoms with Crippen molar-refractivity contribution in [1.29, 1.82) is 0 Å². The van der Waals surface area contributed by atoms with Crippen LogP contribution in [0.5, 0.6) is 0 Å². The fraction of sp³-hybridized carbons (Fsp3) is 0.259. The van der Waals surface area contributed by atoms with E-state index in [1.54, 1.807) is 18.2 Å². The molecule has 178 valence electrons. The molecular weight excluding hydrogens is 452 g/mol. The van der Waals surface area contributed by atoms with Gasteiger partial charge < -0.3 is 9.63 Å². The molecule has 5 nitrogen and oxygen atoms in total. The summed E-state index contributed by atoms with van der Waals surface area (Å²) in [6.45, 7) is 4.14. The third-order valence-corrected chi connectivity index (χ3v) is 7.70. The summed E-state index contributed by atoms with van der Waals surface area (Å²) in [7, 11) is -1.82. The Kier molecular flexibility index (Phi) is 8.54. The number of aromatic nitrogens is 1. The van der Waals surface area contributed by atoms with Gasteiger partial charge in [0.15, 0.2) is 0 Å². The van der Waals surface area contributed by atoms with E-state index < -0.39 is 13.3 Å². The molecule has 3 aromatic rings. The first-order chi connectivity index (χ1) is 16.2. The number of carbonyl (C=O) groups is 1. The highest BCUT2D eigenvalue weighted by atomic mass is 31.2. The van der Waals surface area contributed by atoms with Crippen LogP contribution in [0, 0.1) is 5.82 Å². The summed E-state index contributed by atoms with van der Waals surface area (Å²) in [5.41, 5.74) is 4.90. The lowest BCUT2D eigenvalue weighted by molar-refractivity contribution is -0.137. The second-order valence-corrected chi connectivity index (χ2v) is 10.9. The maximum Gasteiger partial charge on any atom is 0.303 e. The maximum atomic E-state index is 13.7. The average molecular weight is 482 g/mol. The topological polar surface area (TPSA) is 76.5 Å². The van der Waals surface area contributed by atoms with E-state index >= 15 is 0 Å². The third-order valence-electron chi connectivity index (χ3n) is 5.54. The number of hydrogen-bond acceptors (Lipinski definition) is 4. The first-order valence-electron chi connectivity index (χ1n) is 11.1. The van der Waals surface area contributed by atoms with Gasteiger partial charge in [-0.1, -0.05) is 44.2 Å². The Morgan fingerprint density at radius 1 is 1.12 bits per heavy atom. The van der Waals surface area contributed by atoms with Gasteiger partial charge in [-0.05, 0) is 54.3 Å². The van der Waals surface area contributed by atoms with Crippen LogP contribution in [0.3, 0.4) is 0 Å². The van der Waals surface area contributed by atoms with Crippen molar-refractivity contribution in [3.8, 4) is 22.5 Å². The standard InChI is InChI=1S/C27H29FNO4P/c1-19(2)24-18-25(20-8-5-4-6-9-20)29-27(21-11-13-22(28)14-12-21)23(24)15-17-34(32,33-3)16-7-10-26(30)31/h4-6,8-9,11-15,17-19H,7,10,16H2,1-3H3,(H,30,31)/b17-15+/t34-/m0/s1. The molecule has 34 heavy (non-hydrogen) atoms. The molecule has 0 aliphatic carbocycles. The Morgan fingerprint density at radius 3 is 2.38 bits per heavy atom. The van der Waals surface area contributed by atoms with Crippen molar-refractivity contribution in [3.63, 3.8) is 0 Å². The molecule has 1 N–H and O–H groups in total. The Balaban J connectivity index is 2.15. The van der Waals surface area contributed by atoms with Gasteiger partial charge in [0, 0.05) is 42.2 Å². The zero-order chi connectivity index (χ0) is 24.7. The fourth-order valence-corrected chi connectivity index (χ4v) is 5.11. The molecule has 0 saturated heterocycles. The summed E-state index contributed by atoms with van der Waals surface area (Å²) in [6, 6.07) is 18.0. The lowest BCUT2D eigenvalue weighted by Crippen LogP contribution is -2.01. The summed E-state index contributed by atoms with van der Waals surface area (Å²) < 4.78 is 32.2. The van der Waals surface area contributed by atoms with Gasteiger partial charge in [0.25, 0.3) is 0 Å². The van der Waals surface area contributed by atoms with Gasteiger partial charge in [0.2, 0.25) is 7.37 Å². The van der Waals surface area contributed by atoms with E-state index in [-0.39, 0.29) is 30.7 Å². The maximum absolute atomic E-state index is 13.7. The largest absolute Gasteiger partial charge is 0.481 e.